The number of ether oxygens (including phenoxy) is 1. The monoisotopic (exact) mass is 537 g/mol. The van der Waals surface area contributed by atoms with Gasteiger partial charge in [-0.25, -0.2) is 14.6 Å². The molecule has 4 rings (SSSR count). The summed E-state index contributed by atoms with van der Waals surface area (Å²) in [6, 6.07) is 23.3. The van der Waals surface area contributed by atoms with Gasteiger partial charge in [0.2, 0.25) is 0 Å². The highest BCUT2D eigenvalue weighted by Crippen LogP contribution is 2.29. The number of nitrogens with one attached hydrogen (secondary N) is 4. The maximum Gasteiger partial charge on any atom is 0.411 e. The minimum Gasteiger partial charge on any atom is -0.453 e. The van der Waals surface area contributed by atoms with Gasteiger partial charge >= 0.3 is 12.1 Å². The number of aromatic nitrogens is 2. The minimum atomic E-state index is -0.559. The summed E-state index contributed by atoms with van der Waals surface area (Å²) in [4.78, 5) is 32.1. The van der Waals surface area contributed by atoms with Crippen molar-refractivity contribution in [2.45, 2.75) is 19.0 Å². The van der Waals surface area contributed by atoms with E-state index in [9.17, 15) is 9.59 Å². The molecule has 3 amide bonds. The number of carbonyl (C=O) groups is 2. The first kappa shape index (κ1) is 26.1. The number of aromatic amines is 1. The Kier molecular flexibility index (Phi) is 8.66. The second-order valence-electron chi connectivity index (χ2n) is 8.18. The molecule has 0 unspecified atom stereocenters. The van der Waals surface area contributed by atoms with Crippen LogP contribution in [0.5, 0.6) is 0 Å². The van der Waals surface area contributed by atoms with E-state index < -0.39 is 12.1 Å². The molecule has 4 aromatic rings. The highest BCUT2D eigenvalue weighted by Gasteiger charge is 2.21. The quantitative estimate of drug-likeness (QED) is 0.210. The standard InChI is InChI=1S/C27H25Cl2N5O3/c1-37-27(36)31-21-12-10-19(11-13-21)23-24(29)34-25(33-23)22(15-17-6-3-2-4-7-17)32-26(35)30-16-18-8-5-9-20(28)14-18/h2-14,22H,15-16H2,1H3,(H,31,36)(H,33,34)(H2,30,32,35)/t22-/m0/s1. The number of halogens is 2. The van der Waals surface area contributed by atoms with Gasteiger partial charge in [-0.2, -0.15) is 0 Å². The summed E-state index contributed by atoms with van der Waals surface area (Å²) >= 11 is 12.6. The third kappa shape index (κ3) is 7.25. The molecule has 1 aromatic heterocycles. The van der Waals surface area contributed by atoms with Gasteiger partial charge in [0.25, 0.3) is 0 Å². The fourth-order valence-corrected chi connectivity index (χ4v) is 4.17. The van der Waals surface area contributed by atoms with Gasteiger partial charge in [-0.1, -0.05) is 77.8 Å². The number of hydrogen-bond acceptors (Lipinski definition) is 4. The Balaban J connectivity index is 1.52. The van der Waals surface area contributed by atoms with Crippen molar-refractivity contribution < 1.29 is 14.3 Å². The number of imidazole rings is 1. The number of H-pyrrole nitrogens is 1. The second-order valence-corrected chi connectivity index (χ2v) is 8.99. The van der Waals surface area contributed by atoms with E-state index in [0.717, 1.165) is 16.7 Å². The van der Waals surface area contributed by atoms with Crippen molar-refractivity contribution >= 4 is 41.0 Å². The van der Waals surface area contributed by atoms with E-state index in [2.05, 4.69) is 25.7 Å². The molecule has 10 heteroatoms. The molecule has 1 atom stereocenters. The molecule has 0 bridgehead atoms. The molecule has 0 radical (unpaired) electrons. The Labute approximate surface area is 224 Å². The zero-order chi connectivity index (χ0) is 26.2. The lowest BCUT2D eigenvalue weighted by Gasteiger charge is -2.17. The maximum absolute atomic E-state index is 12.8. The van der Waals surface area contributed by atoms with Gasteiger partial charge in [0, 0.05) is 22.8 Å². The average molecular weight is 538 g/mol. The molecular weight excluding hydrogens is 513 g/mol. The SMILES string of the molecule is COC(=O)Nc1ccc(-c2nc([C@H](Cc3ccccc3)NC(=O)NCc3cccc(Cl)c3)[nH]c2Cl)cc1. The molecule has 0 saturated heterocycles. The largest absolute Gasteiger partial charge is 0.453 e. The summed E-state index contributed by atoms with van der Waals surface area (Å²) in [7, 11) is 1.30. The fourth-order valence-electron chi connectivity index (χ4n) is 3.71. The molecule has 8 nitrogen and oxygen atoms in total. The van der Waals surface area contributed by atoms with Crippen LogP contribution in [-0.2, 0) is 17.7 Å². The summed E-state index contributed by atoms with van der Waals surface area (Å²) in [5, 5.41) is 9.40. The lowest BCUT2D eigenvalue weighted by Crippen LogP contribution is -2.38. The highest BCUT2D eigenvalue weighted by atomic mass is 35.5. The van der Waals surface area contributed by atoms with Gasteiger partial charge < -0.3 is 20.4 Å². The third-order valence-corrected chi connectivity index (χ3v) is 6.04. The zero-order valence-electron chi connectivity index (χ0n) is 19.9. The number of benzene rings is 3. The summed E-state index contributed by atoms with van der Waals surface area (Å²) < 4.78 is 4.61. The molecular formula is C27H25Cl2N5O3. The van der Waals surface area contributed by atoms with Crippen molar-refractivity contribution in [3.05, 3.63) is 106 Å². The molecule has 3 aromatic carbocycles. The van der Waals surface area contributed by atoms with Gasteiger partial charge in [-0.05, 0) is 41.8 Å². The van der Waals surface area contributed by atoms with E-state index in [-0.39, 0.29) is 6.03 Å². The predicted molar refractivity (Wildman–Crippen MR) is 145 cm³/mol. The topological polar surface area (TPSA) is 108 Å². The first-order valence-corrected chi connectivity index (χ1v) is 12.2. The predicted octanol–water partition coefficient (Wildman–Crippen LogP) is 6.35. The van der Waals surface area contributed by atoms with Crippen molar-refractivity contribution in [3.8, 4) is 11.3 Å². The Morgan fingerprint density at radius 3 is 2.41 bits per heavy atom. The van der Waals surface area contributed by atoms with Crippen LogP contribution in [0.25, 0.3) is 11.3 Å². The number of rotatable bonds is 8. The van der Waals surface area contributed by atoms with Crippen molar-refractivity contribution in [1.82, 2.24) is 20.6 Å². The first-order chi connectivity index (χ1) is 17.9. The number of amides is 3. The Bertz CT molecular complexity index is 1360. The van der Waals surface area contributed by atoms with E-state index in [1.807, 2.05) is 42.5 Å². The van der Waals surface area contributed by atoms with E-state index in [1.54, 1.807) is 36.4 Å². The van der Waals surface area contributed by atoms with Gasteiger partial charge in [-0.3, -0.25) is 5.32 Å². The fraction of sp³-hybridized carbons (Fsp3) is 0.148. The molecule has 0 spiro atoms. The number of nitrogens with zero attached hydrogens (tertiary/aromatic N) is 1. The van der Waals surface area contributed by atoms with Crippen LogP contribution in [0, 0.1) is 0 Å². The molecule has 190 valence electrons. The number of carbonyl (C=O) groups excluding carboxylic acids is 2. The molecule has 1 heterocycles. The first-order valence-electron chi connectivity index (χ1n) is 11.4. The third-order valence-electron chi connectivity index (χ3n) is 5.53. The van der Waals surface area contributed by atoms with Crippen LogP contribution < -0.4 is 16.0 Å². The second kappa shape index (κ2) is 12.3. The molecule has 0 fully saturated rings. The maximum atomic E-state index is 12.8. The summed E-state index contributed by atoms with van der Waals surface area (Å²) in [5.41, 5.74) is 3.75. The summed E-state index contributed by atoms with van der Waals surface area (Å²) in [6.45, 7) is 0.320. The van der Waals surface area contributed by atoms with Crippen LogP contribution in [0.2, 0.25) is 10.2 Å². The smallest absolute Gasteiger partial charge is 0.411 e. The Morgan fingerprint density at radius 1 is 0.973 bits per heavy atom. The van der Waals surface area contributed by atoms with Crippen molar-refractivity contribution in [2.24, 2.45) is 0 Å². The van der Waals surface area contributed by atoms with Crippen molar-refractivity contribution in [1.29, 1.82) is 0 Å². The van der Waals surface area contributed by atoms with E-state index in [0.29, 0.717) is 40.3 Å². The molecule has 37 heavy (non-hydrogen) atoms. The van der Waals surface area contributed by atoms with E-state index >= 15 is 0 Å². The average Bonchev–Trinajstić information content (AvgIpc) is 3.29. The molecule has 0 aliphatic rings. The minimum absolute atomic E-state index is 0.320. The lowest BCUT2D eigenvalue weighted by atomic mass is 10.1. The normalized spacial score (nSPS) is 11.4. The number of anilines is 1. The Morgan fingerprint density at radius 2 is 1.70 bits per heavy atom. The van der Waals surface area contributed by atoms with Gasteiger partial charge in [0.1, 0.15) is 16.7 Å². The van der Waals surface area contributed by atoms with Crippen molar-refractivity contribution in [3.63, 3.8) is 0 Å². The Hall–Kier alpha value is -4.01. The van der Waals surface area contributed by atoms with E-state index in [4.69, 9.17) is 28.2 Å². The highest BCUT2D eigenvalue weighted by molar-refractivity contribution is 6.32. The van der Waals surface area contributed by atoms with Crippen molar-refractivity contribution in [2.75, 3.05) is 12.4 Å². The van der Waals surface area contributed by atoms with Gasteiger partial charge in [-0.15, -0.1) is 0 Å². The molecule has 4 N–H and O–H groups in total. The van der Waals surface area contributed by atoms with Crippen LogP contribution in [0.4, 0.5) is 15.3 Å². The number of hydrogen-bond donors (Lipinski definition) is 4. The molecule has 0 aliphatic heterocycles. The zero-order valence-corrected chi connectivity index (χ0v) is 21.4. The van der Waals surface area contributed by atoms with Gasteiger partial charge in [0.15, 0.2) is 0 Å². The molecule has 0 aliphatic carbocycles. The van der Waals surface area contributed by atoms with Crippen LogP contribution in [-0.4, -0.2) is 29.2 Å². The van der Waals surface area contributed by atoms with Gasteiger partial charge in [0.05, 0.1) is 13.2 Å². The summed E-state index contributed by atoms with van der Waals surface area (Å²) in [5.74, 6) is 0.513. The number of urea groups is 1. The van der Waals surface area contributed by atoms with Crippen LogP contribution in [0.15, 0.2) is 78.9 Å². The number of methoxy groups -OCH3 is 1. The van der Waals surface area contributed by atoms with Crippen LogP contribution in [0.3, 0.4) is 0 Å². The molecule has 0 saturated carbocycles. The van der Waals surface area contributed by atoms with Crippen LogP contribution in [0.1, 0.15) is 23.0 Å². The lowest BCUT2D eigenvalue weighted by molar-refractivity contribution is 0.187. The van der Waals surface area contributed by atoms with Crippen LogP contribution >= 0.6 is 23.2 Å². The summed E-state index contributed by atoms with van der Waals surface area (Å²) in [6.07, 6.45) is -0.0623. The van der Waals surface area contributed by atoms with E-state index in [1.165, 1.54) is 7.11 Å².